The zero-order valence-corrected chi connectivity index (χ0v) is 12.1. The zero-order chi connectivity index (χ0) is 15.1. The van der Waals surface area contributed by atoms with E-state index in [9.17, 15) is 9.90 Å². The van der Waals surface area contributed by atoms with Gasteiger partial charge in [-0.3, -0.25) is 9.90 Å². The molecular weight excluding hydrogens is 278 g/mol. The SMILES string of the molecule is [O]c1ccc2cc1N(C(=O)c1ccccc1)N1CCN2CC1. The van der Waals surface area contributed by atoms with Gasteiger partial charge < -0.3 is 4.90 Å². The molecule has 0 atom stereocenters. The Kier molecular flexibility index (Phi) is 3.01. The molecule has 1 fully saturated rings. The number of hydrogen-bond acceptors (Lipinski definition) is 3. The van der Waals surface area contributed by atoms with E-state index < -0.39 is 0 Å². The molecule has 5 rings (SSSR count). The van der Waals surface area contributed by atoms with Gasteiger partial charge in [-0.15, -0.1) is 0 Å². The molecule has 0 aliphatic carbocycles. The Balaban J connectivity index is 1.84. The van der Waals surface area contributed by atoms with Gasteiger partial charge >= 0.3 is 0 Å². The molecular formula is C17H16N3O2. The highest BCUT2D eigenvalue weighted by atomic mass is 16.3. The van der Waals surface area contributed by atoms with Gasteiger partial charge in [0.15, 0.2) is 0 Å². The molecule has 1 saturated heterocycles. The monoisotopic (exact) mass is 294 g/mol. The first-order valence-corrected chi connectivity index (χ1v) is 7.44. The number of hydrogen-bond donors (Lipinski definition) is 0. The van der Waals surface area contributed by atoms with Crippen molar-refractivity contribution in [3.8, 4) is 5.75 Å². The Morgan fingerprint density at radius 1 is 0.909 bits per heavy atom. The predicted octanol–water partition coefficient (Wildman–Crippen LogP) is 2.53. The van der Waals surface area contributed by atoms with Crippen molar-refractivity contribution in [3.63, 3.8) is 0 Å². The maximum Gasteiger partial charge on any atom is 0.272 e. The highest BCUT2D eigenvalue weighted by molar-refractivity contribution is 6.06. The highest BCUT2D eigenvalue weighted by Gasteiger charge is 2.33. The summed E-state index contributed by atoms with van der Waals surface area (Å²) < 4.78 is 0. The fraction of sp³-hybridized carbons (Fsp3) is 0.235. The first kappa shape index (κ1) is 13.2. The summed E-state index contributed by atoms with van der Waals surface area (Å²) >= 11 is 0. The summed E-state index contributed by atoms with van der Waals surface area (Å²) in [6, 6.07) is 14.3. The lowest BCUT2D eigenvalue weighted by Crippen LogP contribution is -2.57. The quantitative estimate of drug-likeness (QED) is 0.812. The van der Waals surface area contributed by atoms with Crippen LogP contribution in [0.1, 0.15) is 10.4 Å². The second-order valence-electron chi connectivity index (χ2n) is 5.58. The van der Waals surface area contributed by atoms with Crippen molar-refractivity contribution >= 4 is 17.3 Å². The fourth-order valence-electron chi connectivity index (χ4n) is 3.12. The molecule has 2 aromatic carbocycles. The van der Waals surface area contributed by atoms with Gasteiger partial charge in [0.2, 0.25) is 5.75 Å². The molecule has 0 saturated carbocycles. The Hall–Kier alpha value is -2.53. The van der Waals surface area contributed by atoms with Crippen LogP contribution in [0.15, 0.2) is 48.5 Å². The van der Waals surface area contributed by atoms with Crippen LogP contribution >= 0.6 is 0 Å². The minimum absolute atomic E-state index is 0.123. The van der Waals surface area contributed by atoms with Gasteiger partial charge in [0.1, 0.15) is 5.69 Å². The lowest BCUT2D eigenvalue weighted by molar-refractivity contribution is 0.0882. The van der Waals surface area contributed by atoms with Crippen molar-refractivity contribution < 1.29 is 9.90 Å². The molecule has 1 radical (unpaired) electrons. The maximum atomic E-state index is 12.9. The number of fused-ring (bicyclic) bond motifs is 2. The third kappa shape index (κ3) is 2.02. The lowest BCUT2D eigenvalue weighted by Gasteiger charge is -2.44. The summed E-state index contributed by atoms with van der Waals surface area (Å²) in [5, 5.41) is 15.8. The third-order valence-corrected chi connectivity index (χ3v) is 4.29. The number of carbonyl (C=O) groups is 1. The third-order valence-electron chi connectivity index (χ3n) is 4.29. The number of piperazine rings is 1. The normalized spacial score (nSPS) is 17.3. The van der Waals surface area contributed by atoms with Crippen LogP contribution < -0.4 is 9.91 Å². The van der Waals surface area contributed by atoms with E-state index in [1.54, 1.807) is 23.2 Å². The number of benzene rings is 2. The zero-order valence-electron chi connectivity index (χ0n) is 12.1. The van der Waals surface area contributed by atoms with Gasteiger partial charge in [-0.1, -0.05) is 18.2 Å². The summed E-state index contributed by atoms with van der Waals surface area (Å²) in [7, 11) is 0. The number of rotatable bonds is 1. The van der Waals surface area contributed by atoms with Gasteiger partial charge in [-0.2, -0.15) is 0 Å². The topological polar surface area (TPSA) is 46.7 Å². The predicted molar refractivity (Wildman–Crippen MR) is 83.6 cm³/mol. The van der Waals surface area contributed by atoms with Crippen LogP contribution in [0.4, 0.5) is 11.4 Å². The van der Waals surface area contributed by atoms with Gasteiger partial charge in [-0.25, -0.2) is 10.0 Å². The van der Waals surface area contributed by atoms with Gasteiger partial charge in [-0.05, 0) is 30.3 Å². The molecule has 0 N–H and O–H groups in total. The Labute approximate surface area is 129 Å². The van der Waals surface area contributed by atoms with E-state index in [2.05, 4.69) is 4.90 Å². The molecule has 5 heteroatoms. The molecule has 3 aliphatic heterocycles. The number of carbonyl (C=O) groups excluding carboxylic acids is 1. The average molecular weight is 294 g/mol. The molecule has 22 heavy (non-hydrogen) atoms. The van der Waals surface area contributed by atoms with Crippen molar-refractivity contribution in [3.05, 3.63) is 54.1 Å². The highest BCUT2D eigenvalue weighted by Crippen LogP contribution is 2.37. The van der Waals surface area contributed by atoms with Crippen LogP contribution in [-0.4, -0.2) is 37.1 Å². The second-order valence-corrected chi connectivity index (χ2v) is 5.58. The molecule has 0 spiro atoms. The van der Waals surface area contributed by atoms with Crippen LogP contribution in [0.2, 0.25) is 0 Å². The van der Waals surface area contributed by atoms with E-state index >= 15 is 0 Å². The molecule has 4 bridgehead atoms. The molecule has 0 unspecified atom stereocenters. The van der Waals surface area contributed by atoms with Crippen molar-refractivity contribution in [2.24, 2.45) is 0 Å². The van der Waals surface area contributed by atoms with E-state index in [0.29, 0.717) is 11.3 Å². The van der Waals surface area contributed by atoms with Crippen LogP contribution in [0.3, 0.4) is 0 Å². The molecule has 3 heterocycles. The molecule has 111 valence electrons. The number of anilines is 2. The Morgan fingerprint density at radius 3 is 2.36 bits per heavy atom. The van der Waals surface area contributed by atoms with E-state index in [0.717, 1.165) is 31.9 Å². The maximum absolute atomic E-state index is 12.9. The minimum Gasteiger partial charge on any atom is -0.369 e. The summed E-state index contributed by atoms with van der Waals surface area (Å²) in [4.78, 5) is 15.2. The molecule has 3 aliphatic rings. The second kappa shape index (κ2) is 5.03. The number of nitrogens with zero attached hydrogens (tertiary/aromatic N) is 3. The Bertz CT molecular complexity index is 709. The van der Waals surface area contributed by atoms with Crippen molar-refractivity contribution in [2.45, 2.75) is 0 Å². The summed E-state index contributed by atoms with van der Waals surface area (Å²) in [5.74, 6) is -0.271. The number of amides is 1. The average Bonchev–Trinajstić information content (AvgIpc) is 2.56. The largest absolute Gasteiger partial charge is 0.369 e. The molecule has 2 aromatic rings. The van der Waals surface area contributed by atoms with Crippen LogP contribution in [0, 0.1) is 0 Å². The van der Waals surface area contributed by atoms with Crippen LogP contribution in [0.25, 0.3) is 0 Å². The van der Waals surface area contributed by atoms with E-state index in [-0.39, 0.29) is 11.7 Å². The van der Waals surface area contributed by atoms with Gasteiger partial charge in [0.05, 0.1) is 0 Å². The van der Waals surface area contributed by atoms with Crippen molar-refractivity contribution in [1.82, 2.24) is 5.01 Å². The standard InChI is InChI=1S/C17H16N3O2/c21-16-7-6-14-12-15(16)20(19-10-8-18(14)9-11-19)17(22)13-4-2-1-3-5-13/h1-7,12H,8-11H2. The smallest absolute Gasteiger partial charge is 0.272 e. The lowest BCUT2D eigenvalue weighted by atomic mass is 10.1. The van der Waals surface area contributed by atoms with E-state index in [4.69, 9.17) is 0 Å². The minimum atomic E-state index is -0.148. The molecule has 5 nitrogen and oxygen atoms in total. The fourth-order valence-corrected chi connectivity index (χ4v) is 3.12. The van der Waals surface area contributed by atoms with Crippen molar-refractivity contribution in [1.29, 1.82) is 0 Å². The Morgan fingerprint density at radius 2 is 1.64 bits per heavy atom. The summed E-state index contributed by atoms with van der Waals surface area (Å²) in [6.45, 7) is 3.19. The van der Waals surface area contributed by atoms with Crippen LogP contribution in [0.5, 0.6) is 5.75 Å². The first-order valence-electron chi connectivity index (χ1n) is 7.44. The van der Waals surface area contributed by atoms with Crippen LogP contribution in [-0.2, 0) is 5.11 Å². The van der Waals surface area contributed by atoms with E-state index in [1.807, 2.05) is 35.3 Å². The summed E-state index contributed by atoms with van der Waals surface area (Å²) in [6.07, 6.45) is 0. The van der Waals surface area contributed by atoms with Gasteiger partial charge in [0, 0.05) is 37.4 Å². The molecule has 1 amide bonds. The van der Waals surface area contributed by atoms with Gasteiger partial charge in [0.25, 0.3) is 5.91 Å². The summed E-state index contributed by atoms with van der Waals surface area (Å²) in [5.41, 5.74) is 2.05. The van der Waals surface area contributed by atoms with E-state index in [1.165, 1.54) is 0 Å². The first-order chi connectivity index (χ1) is 10.7. The number of hydrazine groups is 1. The molecule has 0 aromatic heterocycles. The van der Waals surface area contributed by atoms with Crippen molar-refractivity contribution in [2.75, 3.05) is 36.1 Å².